The molecule has 20 heavy (non-hydrogen) atoms. The molecule has 1 aliphatic rings. The van der Waals surface area contributed by atoms with Crippen molar-refractivity contribution in [2.24, 2.45) is 17.3 Å². The van der Waals surface area contributed by atoms with E-state index in [9.17, 15) is 9.59 Å². The van der Waals surface area contributed by atoms with Crippen LogP contribution < -0.4 is 0 Å². The van der Waals surface area contributed by atoms with Crippen molar-refractivity contribution in [2.75, 3.05) is 19.7 Å². The largest absolute Gasteiger partial charge is 0.396 e. The van der Waals surface area contributed by atoms with E-state index in [1.807, 2.05) is 18.7 Å². The number of Topliss-reactive ketones (excluding diaryl/α,β-unsaturated/α-hetero) is 1. The van der Waals surface area contributed by atoms with Crippen molar-refractivity contribution in [1.29, 1.82) is 0 Å². The summed E-state index contributed by atoms with van der Waals surface area (Å²) in [6.45, 7) is 9.46. The maximum absolute atomic E-state index is 12.6. The number of amides is 1. The molecule has 1 amide bonds. The molecule has 1 saturated heterocycles. The fraction of sp³-hybridized carbons (Fsp3) is 0.875. The zero-order chi connectivity index (χ0) is 15.3. The van der Waals surface area contributed by atoms with E-state index in [2.05, 4.69) is 13.8 Å². The van der Waals surface area contributed by atoms with Gasteiger partial charge in [0.05, 0.1) is 0 Å². The molecular formula is C16H29NO3. The normalized spacial score (nSPS) is 20.3. The van der Waals surface area contributed by atoms with Crippen molar-refractivity contribution in [1.82, 2.24) is 4.90 Å². The monoisotopic (exact) mass is 283 g/mol. The zero-order valence-electron chi connectivity index (χ0n) is 13.3. The fourth-order valence-corrected chi connectivity index (χ4v) is 2.54. The van der Waals surface area contributed by atoms with Crippen LogP contribution in [0.15, 0.2) is 0 Å². The molecule has 1 heterocycles. The second-order valence-corrected chi connectivity index (χ2v) is 6.76. The van der Waals surface area contributed by atoms with Crippen LogP contribution in [0.2, 0.25) is 0 Å². The molecule has 116 valence electrons. The molecular weight excluding hydrogens is 254 g/mol. The van der Waals surface area contributed by atoms with Crippen LogP contribution in [0.25, 0.3) is 0 Å². The van der Waals surface area contributed by atoms with E-state index in [4.69, 9.17) is 5.11 Å². The summed E-state index contributed by atoms with van der Waals surface area (Å²) < 4.78 is 0. The highest BCUT2D eigenvalue weighted by Crippen LogP contribution is 2.31. The average molecular weight is 283 g/mol. The Kier molecular flexibility index (Phi) is 6.18. The fourth-order valence-electron chi connectivity index (χ4n) is 2.54. The number of aliphatic hydroxyl groups excluding tert-OH is 1. The maximum Gasteiger partial charge on any atom is 0.228 e. The van der Waals surface area contributed by atoms with Gasteiger partial charge in [0.2, 0.25) is 5.91 Å². The number of nitrogens with zero attached hydrogens (tertiary/aromatic N) is 1. The van der Waals surface area contributed by atoms with Gasteiger partial charge in [-0.1, -0.05) is 27.7 Å². The van der Waals surface area contributed by atoms with Crippen LogP contribution in [0, 0.1) is 17.3 Å². The lowest BCUT2D eigenvalue weighted by Crippen LogP contribution is -2.49. The van der Waals surface area contributed by atoms with Crippen LogP contribution in [-0.2, 0) is 9.59 Å². The minimum Gasteiger partial charge on any atom is -0.396 e. The third-order valence-electron chi connectivity index (χ3n) is 4.74. The van der Waals surface area contributed by atoms with Crippen LogP contribution in [0.3, 0.4) is 0 Å². The summed E-state index contributed by atoms with van der Waals surface area (Å²) in [5.41, 5.74) is -0.379. The smallest absolute Gasteiger partial charge is 0.228 e. The molecule has 4 heteroatoms. The van der Waals surface area contributed by atoms with Crippen molar-refractivity contribution in [3.63, 3.8) is 0 Å². The Balaban J connectivity index is 2.65. The number of hydrogen-bond donors (Lipinski definition) is 1. The third kappa shape index (κ3) is 4.05. The van der Waals surface area contributed by atoms with Crippen LogP contribution in [0.5, 0.6) is 0 Å². The topological polar surface area (TPSA) is 57.6 Å². The summed E-state index contributed by atoms with van der Waals surface area (Å²) >= 11 is 0. The molecule has 0 spiro atoms. The van der Waals surface area contributed by atoms with E-state index in [1.165, 1.54) is 0 Å². The number of likely N-dealkylation sites (tertiary alicyclic amines) is 1. The highest BCUT2D eigenvalue weighted by Gasteiger charge is 2.37. The molecule has 0 saturated carbocycles. The Labute approximate surface area is 122 Å². The van der Waals surface area contributed by atoms with Gasteiger partial charge in [0.25, 0.3) is 0 Å². The van der Waals surface area contributed by atoms with E-state index in [0.717, 1.165) is 19.4 Å². The molecule has 1 N–H and O–H groups in total. The van der Waals surface area contributed by atoms with Gasteiger partial charge in [-0.15, -0.1) is 0 Å². The van der Waals surface area contributed by atoms with E-state index >= 15 is 0 Å². The maximum atomic E-state index is 12.6. The van der Waals surface area contributed by atoms with Crippen molar-refractivity contribution in [3.8, 4) is 0 Å². The highest BCUT2D eigenvalue weighted by atomic mass is 16.3. The van der Waals surface area contributed by atoms with E-state index < -0.39 is 0 Å². The van der Waals surface area contributed by atoms with Crippen molar-refractivity contribution < 1.29 is 14.7 Å². The molecule has 1 unspecified atom stereocenters. The van der Waals surface area contributed by atoms with Crippen LogP contribution in [0.4, 0.5) is 0 Å². The Morgan fingerprint density at radius 2 is 2.00 bits per heavy atom. The minimum absolute atomic E-state index is 0.0396. The van der Waals surface area contributed by atoms with E-state index in [-0.39, 0.29) is 35.5 Å². The van der Waals surface area contributed by atoms with Gasteiger partial charge in [-0.25, -0.2) is 0 Å². The first-order chi connectivity index (χ1) is 9.30. The first-order valence-electron chi connectivity index (χ1n) is 7.73. The third-order valence-corrected chi connectivity index (χ3v) is 4.74. The molecule has 0 aromatic heterocycles. The second-order valence-electron chi connectivity index (χ2n) is 6.76. The Morgan fingerprint density at radius 3 is 2.55 bits per heavy atom. The predicted octanol–water partition coefficient (Wildman–Crippen LogP) is 2.25. The summed E-state index contributed by atoms with van der Waals surface area (Å²) in [7, 11) is 0. The van der Waals surface area contributed by atoms with Crippen LogP contribution >= 0.6 is 0 Å². The molecule has 0 bridgehead atoms. The minimum atomic E-state index is -0.379. The van der Waals surface area contributed by atoms with E-state index in [1.54, 1.807) is 0 Å². The number of ketones is 1. The number of piperidine rings is 1. The van der Waals surface area contributed by atoms with Crippen LogP contribution in [0.1, 0.15) is 53.4 Å². The number of carbonyl (C=O) groups is 2. The van der Waals surface area contributed by atoms with Crippen LogP contribution in [-0.4, -0.2) is 41.4 Å². The van der Waals surface area contributed by atoms with Gasteiger partial charge in [0.15, 0.2) is 0 Å². The van der Waals surface area contributed by atoms with Gasteiger partial charge in [0.1, 0.15) is 5.78 Å². The van der Waals surface area contributed by atoms with Crippen molar-refractivity contribution in [3.05, 3.63) is 0 Å². The van der Waals surface area contributed by atoms with Crippen molar-refractivity contribution >= 4 is 11.7 Å². The second kappa shape index (κ2) is 7.21. The van der Waals surface area contributed by atoms with Gasteiger partial charge in [0, 0.05) is 37.5 Å². The predicted molar refractivity (Wildman–Crippen MR) is 79.2 cm³/mol. The lowest BCUT2D eigenvalue weighted by Gasteiger charge is -2.39. The lowest BCUT2D eigenvalue weighted by molar-refractivity contribution is -0.145. The summed E-state index contributed by atoms with van der Waals surface area (Å²) in [5, 5.41) is 8.80. The molecule has 1 fully saturated rings. The summed E-state index contributed by atoms with van der Waals surface area (Å²) in [4.78, 5) is 26.5. The number of hydrogen-bond acceptors (Lipinski definition) is 3. The standard InChI is InChI=1S/C16H29NO3/c1-12(2)16(3,4)15(20)17-9-5-7-13(11-17)14(19)8-6-10-18/h12-13,18H,5-11H2,1-4H3. The molecule has 0 radical (unpaired) electrons. The van der Waals surface area contributed by atoms with Gasteiger partial charge in [-0.3, -0.25) is 9.59 Å². The van der Waals surface area contributed by atoms with Gasteiger partial charge in [-0.2, -0.15) is 0 Å². The lowest BCUT2D eigenvalue weighted by atomic mass is 9.79. The molecule has 1 atom stereocenters. The summed E-state index contributed by atoms with van der Waals surface area (Å²) in [5.74, 6) is 0.591. The number of carbonyl (C=O) groups excluding carboxylic acids is 2. The Morgan fingerprint density at radius 1 is 1.35 bits per heavy atom. The van der Waals surface area contributed by atoms with Gasteiger partial charge < -0.3 is 10.0 Å². The van der Waals surface area contributed by atoms with Gasteiger partial charge >= 0.3 is 0 Å². The van der Waals surface area contributed by atoms with E-state index in [0.29, 0.717) is 19.4 Å². The van der Waals surface area contributed by atoms with Gasteiger partial charge in [-0.05, 0) is 25.2 Å². The van der Waals surface area contributed by atoms with Crippen molar-refractivity contribution in [2.45, 2.75) is 53.4 Å². The Bertz CT molecular complexity index is 350. The quantitative estimate of drug-likeness (QED) is 0.813. The zero-order valence-corrected chi connectivity index (χ0v) is 13.3. The molecule has 0 aromatic rings. The first kappa shape index (κ1) is 17.2. The molecule has 0 aromatic carbocycles. The summed E-state index contributed by atoms with van der Waals surface area (Å²) in [6.07, 6.45) is 2.73. The average Bonchev–Trinajstić information content (AvgIpc) is 2.43. The number of aliphatic hydroxyl groups is 1. The first-order valence-corrected chi connectivity index (χ1v) is 7.73. The summed E-state index contributed by atoms with van der Waals surface area (Å²) in [6, 6.07) is 0. The Hall–Kier alpha value is -0.900. The molecule has 4 nitrogen and oxygen atoms in total. The highest BCUT2D eigenvalue weighted by molar-refractivity contribution is 5.85. The number of rotatable bonds is 6. The molecule has 1 aliphatic heterocycles. The molecule has 1 rings (SSSR count). The SMILES string of the molecule is CC(C)C(C)(C)C(=O)N1CCCC(C(=O)CCCO)C1. The molecule has 0 aliphatic carbocycles.